The number of carbonyl (C=O) groups excluding carboxylic acids is 1. The molecule has 2 aromatic heterocycles. The number of aryl methyl sites for hydroxylation is 1. The van der Waals surface area contributed by atoms with Crippen LogP contribution in [-0.4, -0.2) is 81.5 Å². The predicted molar refractivity (Wildman–Crippen MR) is 181 cm³/mol. The molecule has 6 N–H and O–H groups in total. The summed E-state index contributed by atoms with van der Waals surface area (Å²) in [6.45, 7) is 4.42. The SMILES string of the molecule is Cc1ccccc1COC(=O)[C@H](C)NP(=O)(Oc1ccc(Cl)cc1)OC1O[C@@H](n2cnc3c(N(C)NS(C)(=O)=O)nc(N)nc32)[C@](C)(O)C1O. The number of benzene rings is 2. The average molecular weight is 755 g/mol. The number of nitrogens with zero attached hydrogens (tertiary/aromatic N) is 5. The molecule has 3 unspecified atom stereocenters. The van der Waals surface area contributed by atoms with Crippen molar-refractivity contribution < 1.29 is 46.5 Å². The molecule has 0 aliphatic carbocycles. The highest BCUT2D eigenvalue weighted by atomic mass is 35.5. The molecule has 1 aliphatic rings. The van der Waals surface area contributed by atoms with Crippen LogP contribution < -0.4 is 25.2 Å². The Morgan fingerprint density at radius 2 is 1.92 bits per heavy atom. The van der Waals surface area contributed by atoms with Gasteiger partial charge in [0.2, 0.25) is 22.3 Å². The van der Waals surface area contributed by atoms with Crippen LogP contribution in [0.3, 0.4) is 0 Å². The van der Waals surface area contributed by atoms with Crippen LogP contribution in [0.4, 0.5) is 11.8 Å². The highest BCUT2D eigenvalue weighted by molar-refractivity contribution is 7.88. The van der Waals surface area contributed by atoms with Gasteiger partial charge < -0.3 is 29.9 Å². The maximum atomic E-state index is 14.3. The highest BCUT2D eigenvalue weighted by Crippen LogP contribution is 2.51. The number of sulfonamides is 1. The normalized spacial score (nSPS) is 22.6. The number of aliphatic hydroxyl groups excluding tert-OH is 1. The molecule has 0 spiro atoms. The Morgan fingerprint density at radius 1 is 1.24 bits per heavy atom. The number of hydrogen-bond donors (Lipinski definition) is 5. The Hall–Kier alpha value is -3.91. The van der Waals surface area contributed by atoms with Gasteiger partial charge in [0.05, 0.1) is 12.6 Å². The lowest BCUT2D eigenvalue weighted by molar-refractivity contribution is -0.147. The number of fused-ring (bicyclic) bond motifs is 1. The van der Waals surface area contributed by atoms with Crippen molar-refractivity contribution in [3.8, 4) is 5.75 Å². The number of aromatic nitrogens is 4. The summed E-state index contributed by atoms with van der Waals surface area (Å²) in [4.78, 5) is 27.7. The van der Waals surface area contributed by atoms with E-state index in [1.165, 1.54) is 56.1 Å². The number of esters is 1. The number of hydrazine groups is 1. The van der Waals surface area contributed by atoms with Gasteiger partial charge in [0.25, 0.3) is 0 Å². The second kappa shape index (κ2) is 14.4. The summed E-state index contributed by atoms with van der Waals surface area (Å²) < 4.78 is 62.0. The minimum Gasteiger partial charge on any atom is -0.460 e. The third-order valence-corrected chi connectivity index (χ3v) is 10.0. The molecular formula is C29H36ClN8O10PS. The van der Waals surface area contributed by atoms with Crippen LogP contribution in [0.1, 0.15) is 31.2 Å². The smallest absolute Gasteiger partial charge is 0.460 e. The summed E-state index contributed by atoms with van der Waals surface area (Å²) >= 11 is 5.99. The minimum absolute atomic E-state index is 0.0171. The number of imidazole rings is 1. The van der Waals surface area contributed by atoms with E-state index < -0.39 is 54.0 Å². The molecule has 270 valence electrons. The third kappa shape index (κ3) is 8.34. The van der Waals surface area contributed by atoms with E-state index in [1.807, 2.05) is 19.1 Å². The summed E-state index contributed by atoms with van der Waals surface area (Å²) in [5, 5.41) is 26.7. The molecule has 0 saturated carbocycles. The van der Waals surface area contributed by atoms with Crippen LogP contribution in [0.15, 0.2) is 54.9 Å². The molecule has 0 amide bonds. The first-order chi connectivity index (χ1) is 23.4. The molecule has 3 heterocycles. The number of ether oxygens (including phenoxy) is 2. The van der Waals surface area contributed by atoms with Crippen molar-refractivity contribution in [3.63, 3.8) is 0 Å². The summed E-state index contributed by atoms with van der Waals surface area (Å²) in [5.74, 6) is -1.08. The van der Waals surface area contributed by atoms with E-state index >= 15 is 0 Å². The number of hydrogen-bond acceptors (Lipinski definition) is 15. The van der Waals surface area contributed by atoms with Crippen LogP contribution in [0.5, 0.6) is 5.75 Å². The topological polar surface area (TPSA) is 243 Å². The first kappa shape index (κ1) is 37.3. The van der Waals surface area contributed by atoms with Gasteiger partial charge >= 0.3 is 13.7 Å². The van der Waals surface area contributed by atoms with Gasteiger partial charge in [-0.05, 0) is 56.2 Å². The summed E-state index contributed by atoms with van der Waals surface area (Å²) in [5.41, 5.74) is 5.47. The van der Waals surface area contributed by atoms with Crippen LogP contribution >= 0.6 is 19.3 Å². The average Bonchev–Trinajstić information content (AvgIpc) is 3.53. The molecule has 50 heavy (non-hydrogen) atoms. The molecule has 5 rings (SSSR count). The minimum atomic E-state index is -4.65. The van der Waals surface area contributed by atoms with Crippen LogP contribution in [-0.2, 0) is 40.0 Å². The molecule has 6 atom stereocenters. The number of nitrogens with one attached hydrogen (secondary N) is 2. The van der Waals surface area contributed by atoms with E-state index in [0.717, 1.165) is 22.4 Å². The Balaban J connectivity index is 1.41. The van der Waals surface area contributed by atoms with Gasteiger partial charge in [-0.15, -0.1) is 4.83 Å². The fourth-order valence-electron chi connectivity index (χ4n) is 4.99. The fourth-order valence-corrected chi connectivity index (χ4v) is 7.28. The summed E-state index contributed by atoms with van der Waals surface area (Å²) in [7, 11) is -7.01. The fraction of sp³-hybridized carbons (Fsp3) is 0.379. The highest BCUT2D eigenvalue weighted by Gasteiger charge is 2.56. The zero-order chi connectivity index (χ0) is 36.6. The molecule has 4 aromatic rings. The maximum absolute atomic E-state index is 14.3. The van der Waals surface area contributed by atoms with Crippen LogP contribution in [0.25, 0.3) is 11.2 Å². The maximum Gasteiger partial charge on any atom is 0.461 e. The molecule has 0 bridgehead atoms. The standard InChI is InChI=1S/C29H36ClN8O10PS/c1-16-8-6-7-9-18(16)14-45-25(40)17(2)35-49(42,47-20-12-10-19(30)11-13-20)48-26-22(39)29(3,41)27(46-26)38-15-32-21-23(33-28(31)34-24(21)38)37(4)36-50(5,43)44/h6-13,15,17,22,26-27,36,39,41H,14H2,1-5H3,(H,35,42)(H2,31,33,34)/t17-,22?,26?,27+,29+,49?/m0/s1. The monoisotopic (exact) mass is 754 g/mol. The van der Waals surface area contributed by atoms with Crippen molar-refractivity contribution >= 4 is 58.3 Å². The molecular weight excluding hydrogens is 719 g/mol. The van der Waals surface area contributed by atoms with Crippen molar-refractivity contribution in [1.82, 2.24) is 29.4 Å². The second-order valence-corrected chi connectivity index (χ2v) is 15.5. The lowest BCUT2D eigenvalue weighted by Gasteiger charge is -2.27. The largest absolute Gasteiger partial charge is 0.461 e. The molecule has 1 fully saturated rings. The first-order valence-corrected chi connectivity index (χ1v) is 18.7. The number of nitrogen functional groups attached to an aromatic ring is 1. The Kier molecular flexibility index (Phi) is 10.7. The third-order valence-electron chi connectivity index (χ3n) is 7.53. The van der Waals surface area contributed by atoms with Gasteiger partial charge in [0.1, 0.15) is 30.1 Å². The van der Waals surface area contributed by atoms with Gasteiger partial charge in [0.15, 0.2) is 23.2 Å². The van der Waals surface area contributed by atoms with E-state index in [4.69, 9.17) is 35.9 Å². The predicted octanol–water partition coefficient (Wildman–Crippen LogP) is 2.16. The Labute approximate surface area is 292 Å². The van der Waals surface area contributed by atoms with Crippen LogP contribution in [0.2, 0.25) is 5.02 Å². The summed E-state index contributed by atoms with van der Waals surface area (Å²) in [6.07, 6.45) is -3.07. The van der Waals surface area contributed by atoms with E-state index in [2.05, 4.69) is 24.9 Å². The molecule has 2 aromatic carbocycles. The van der Waals surface area contributed by atoms with E-state index in [1.54, 1.807) is 12.1 Å². The van der Waals surface area contributed by atoms with Crippen molar-refractivity contribution in [3.05, 3.63) is 71.0 Å². The Bertz CT molecular complexity index is 2030. The molecule has 21 heteroatoms. The van der Waals surface area contributed by atoms with Crippen molar-refractivity contribution in [2.24, 2.45) is 0 Å². The van der Waals surface area contributed by atoms with Gasteiger partial charge in [-0.3, -0.25) is 18.9 Å². The lowest BCUT2D eigenvalue weighted by atomic mass is 9.99. The zero-order valence-corrected chi connectivity index (χ0v) is 29.9. The number of aliphatic hydroxyl groups is 2. The molecule has 18 nitrogen and oxygen atoms in total. The number of carbonyl (C=O) groups is 1. The van der Waals surface area contributed by atoms with Gasteiger partial charge in [-0.25, -0.2) is 18.0 Å². The van der Waals surface area contributed by atoms with Crippen molar-refractivity contribution in [1.29, 1.82) is 0 Å². The summed E-state index contributed by atoms with van der Waals surface area (Å²) in [6, 6.07) is 11.8. The number of rotatable bonds is 13. The van der Waals surface area contributed by atoms with Crippen molar-refractivity contribution in [2.45, 2.75) is 57.6 Å². The second-order valence-electron chi connectivity index (χ2n) is 11.7. The van der Waals surface area contributed by atoms with Gasteiger partial charge in [0, 0.05) is 12.1 Å². The quantitative estimate of drug-likeness (QED) is 0.0746. The molecule has 1 saturated heterocycles. The Morgan fingerprint density at radius 3 is 2.58 bits per heavy atom. The van der Waals surface area contributed by atoms with Gasteiger partial charge in [-0.2, -0.15) is 15.1 Å². The molecule has 1 aliphatic heterocycles. The lowest BCUT2D eigenvalue weighted by Crippen LogP contribution is -2.44. The van der Waals surface area contributed by atoms with Crippen LogP contribution in [0, 0.1) is 6.92 Å². The number of nitrogens with two attached hydrogens (primary N) is 1. The zero-order valence-electron chi connectivity index (χ0n) is 27.4. The van der Waals surface area contributed by atoms with E-state index in [-0.39, 0.29) is 35.3 Å². The number of halogens is 1. The van der Waals surface area contributed by atoms with E-state index in [0.29, 0.717) is 5.02 Å². The molecule has 0 radical (unpaired) electrons. The number of anilines is 2. The van der Waals surface area contributed by atoms with E-state index in [9.17, 15) is 28.0 Å². The van der Waals surface area contributed by atoms with Crippen molar-refractivity contribution in [2.75, 3.05) is 24.0 Å². The first-order valence-electron chi connectivity index (χ1n) is 14.9. The van der Waals surface area contributed by atoms with Gasteiger partial charge in [-0.1, -0.05) is 35.9 Å².